The molecule has 4 nitrogen and oxygen atoms in total. The Balaban J connectivity index is 2.86. The first-order valence-corrected chi connectivity index (χ1v) is 2.98. The Bertz CT molecular complexity index is 287. The molecule has 11 heavy (non-hydrogen) atoms. The highest BCUT2D eigenvalue weighted by atomic mass is 16.4. The van der Waals surface area contributed by atoms with E-state index in [4.69, 9.17) is 5.11 Å². The van der Waals surface area contributed by atoms with E-state index in [2.05, 4.69) is 11.7 Å². The molecule has 4 heteroatoms. The molecule has 1 heterocycles. The van der Waals surface area contributed by atoms with Gasteiger partial charge in [0.15, 0.2) is 0 Å². The highest BCUT2D eigenvalue weighted by Crippen LogP contribution is 1.94. The Morgan fingerprint density at radius 1 is 1.82 bits per heavy atom. The Hall–Kier alpha value is -1.71. The molecule has 1 aliphatic heterocycles. The lowest BCUT2D eigenvalue weighted by Crippen LogP contribution is -2.08. The van der Waals surface area contributed by atoms with E-state index in [0.717, 1.165) is 0 Å². The van der Waals surface area contributed by atoms with Crippen molar-refractivity contribution in [1.29, 1.82) is 0 Å². The SMILES string of the molecule is C=C/C=[N+]1\C=CC(C(=O)O)=N1. The maximum Gasteiger partial charge on any atom is 0.360 e. The summed E-state index contributed by atoms with van der Waals surface area (Å²) in [6.45, 7) is 3.45. The van der Waals surface area contributed by atoms with Crippen LogP contribution in [0.3, 0.4) is 0 Å². The molecule has 0 radical (unpaired) electrons. The molecule has 0 saturated heterocycles. The standard InChI is InChI=1S/C7H6N2O2/c1-2-4-9-5-3-6(8-9)7(10)11/h2-5H,1H2/p+1/b9-4+. The number of allylic oxidation sites excluding steroid dienone is 1. The van der Waals surface area contributed by atoms with Crippen molar-refractivity contribution in [3.8, 4) is 0 Å². The van der Waals surface area contributed by atoms with Gasteiger partial charge >= 0.3 is 5.97 Å². The summed E-state index contributed by atoms with van der Waals surface area (Å²) in [4.78, 5) is 10.3. The van der Waals surface area contributed by atoms with Crippen molar-refractivity contribution in [1.82, 2.24) is 0 Å². The lowest BCUT2D eigenvalue weighted by Gasteiger charge is -1.78. The average molecular weight is 151 g/mol. The molecule has 0 spiro atoms. The summed E-state index contributed by atoms with van der Waals surface area (Å²) in [5.74, 6) is -1.03. The maximum atomic E-state index is 10.3. The van der Waals surface area contributed by atoms with E-state index >= 15 is 0 Å². The first kappa shape index (κ1) is 7.40. The van der Waals surface area contributed by atoms with Crippen molar-refractivity contribution in [2.45, 2.75) is 0 Å². The zero-order chi connectivity index (χ0) is 8.27. The van der Waals surface area contributed by atoms with Crippen LogP contribution in [0.1, 0.15) is 0 Å². The molecule has 0 unspecified atom stereocenters. The third-order valence-electron chi connectivity index (χ3n) is 1.09. The molecule has 1 N–H and O–H groups in total. The summed E-state index contributed by atoms with van der Waals surface area (Å²) in [7, 11) is 0. The number of rotatable bonds is 2. The summed E-state index contributed by atoms with van der Waals surface area (Å²) in [6.07, 6.45) is 6.05. The number of hydrogen-bond donors (Lipinski definition) is 1. The lowest BCUT2D eigenvalue weighted by molar-refractivity contribution is -0.451. The lowest BCUT2D eigenvalue weighted by atomic mass is 10.4. The molecule has 0 bridgehead atoms. The third-order valence-corrected chi connectivity index (χ3v) is 1.09. The number of carboxylic acids is 1. The fraction of sp³-hybridized carbons (Fsp3) is 0. The van der Waals surface area contributed by atoms with Crippen LogP contribution >= 0.6 is 0 Å². The zero-order valence-electron chi connectivity index (χ0n) is 5.77. The van der Waals surface area contributed by atoms with Gasteiger partial charge in [-0.15, -0.1) is 0 Å². The minimum Gasteiger partial charge on any atom is -0.476 e. The fourth-order valence-electron chi connectivity index (χ4n) is 0.643. The average Bonchev–Trinajstić information content (AvgIpc) is 2.37. The van der Waals surface area contributed by atoms with Gasteiger partial charge in [-0.3, -0.25) is 0 Å². The van der Waals surface area contributed by atoms with Gasteiger partial charge in [0, 0.05) is 11.2 Å². The molecule has 0 amide bonds. The quantitative estimate of drug-likeness (QED) is 0.574. The Labute approximate surface area is 63.5 Å². The van der Waals surface area contributed by atoms with Gasteiger partial charge < -0.3 is 5.11 Å². The number of nitrogens with zero attached hydrogens (tertiary/aromatic N) is 2. The number of hydrazone groups is 1. The zero-order valence-corrected chi connectivity index (χ0v) is 5.77. The molecule has 1 rings (SSSR count). The van der Waals surface area contributed by atoms with E-state index in [-0.39, 0.29) is 5.71 Å². The molecule has 0 aromatic carbocycles. The van der Waals surface area contributed by atoms with Gasteiger partial charge in [-0.1, -0.05) is 11.3 Å². The van der Waals surface area contributed by atoms with E-state index in [1.165, 1.54) is 16.8 Å². The minimum absolute atomic E-state index is 0.0306. The molecule has 0 atom stereocenters. The third kappa shape index (κ3) is 1.61. The maximum absolute atomic E-state index is 10.3. The second-order valence-corrected chi connectivity index (χ2v) is 1.87. The Kier molecular flexibility index (Phi) is 1.96. The van der Waals surface area contributed by atoms with Crippen molar-refractivity contribution < 1.29 is 14.6 Å². The van der Waals surface area contributed by atoms with Crippen molar-refractivity contribution in [3.05, 3.63) is 24.9 Å². The van der Waals surface area contributed by atoms with Gasteiger partial charge in [-0.25, -0.2) is 4.79 Å². The van der Waals surface area contributed by atoms with Gasteiger partial charge in [-0.2, -0.15) is 0 Å². The van der Waals surface area contributed by atoms with Crippen LogP contribution in [-0.4, -0.2) is 27.7 Å². The monoisotopic (exact) mass is 151 g/mol. The van der Waals surface area contributed by atoms with Gasteiger partial charge in [0.25, 0.3) is 0 Å². The van der Waals surface area contributed by atoms with Gasteiger partial charge in [0.1, 0.15) is 0 Å². The highest BCUT2D eigenvalue weighted by molar-refractivity contribution is 6.40. The molecule has 1 aliphatic rings. The van der Waals surface area contributed by atoms with Crippen molar-refractivity contribution in [3.63, 3.8) is 0 Å². The predicted octanol–water partition coefficient (Wildman–Crippen LogP) is 0.224. The van der Waals surface area contributed by atoms with Crippen molar-refractivity contribution in [2.24, 2.45) is 5.10 Å². The second-order valence-electron chi connectivity index (χ2n) is 1.87. The van der Waals surface area contributed by atoms with Crippen molar-refractivity contribution >= 4 is 17.9 Å². The van der Waals surface area contributed by atoms with Crippen LogP contribution in [0, 0.1) is 0 Å². The molecular weight excluding hydrogens is 144 g/mol. The molecule has 0 aromatic rings. The minimum atomic E-state index is -1.03. The predicted molar refractivity (Wildman–Crippen MR) is 40.7 cm³/mol. The van der Waals surface area contributed by atoms with Crippen LogP contribution in [0.2, 0.25) is 0 Å². The van der Waals surface area contributed by atoms with E-state index in [1.807, 2.05) is 0 Å². The topological polar surface area (TPSA) is 52.7 Å². The molecule has 56 valence electrons. The van der Waals surface area contributed by atoms with Crippen molar-refractivity contribution in [2.75, 3.05) is 0 Å². The first-order chi connectivity index (χ1) is 5.24. The number of hydrogen-bond acceptors (Lipinski definition) is 2. The molecule has 0 aromatic heterocycles. The Morgan fingerprint density at radius 3 is 3.00 bits per heavy atom. The Morgan fingerprint density at radius 2 is 2.55 bits per heavy atom. The van der Waals surface area contributed by atoms with E-state index < -0.39 is 5.97 Å². The van der Waals surface area contributed by atoms with E-state index in [1.54, 1.807) is 12.4 Å². The van der Waals surface area contributed by atoms with Crippen LogP contribution < -0.4 is 0 Å². The second kappa shape index (κ2) is 2.92. The summed E-state index contributed by atoms with van der Waals surface area (Å²) in [5, 5.41) is 12.1. The summed E-state index contributed by atoms with van der Waals surface area (Å²) in [5.41, 5.74) is 0.0306. The summed E-state index contributed by atoms with van der Waals surface area (Å²) < 4.78 is 1.39. The molecule has 0 fully saturated rings. The van der Waals surface area contributed by atoms with Crippen LogP contribution in [-0.2, 0) is 4.79 Å². The van der Waals surface area contributed by atoms with Gasteiger partial charge in [0.2, 0.25) is 18.1 Å². The molecule has 0 saturated carbocycles. The van der Waals surface area contributed by atoms with Gasteiger partial charge in [-0.05, 0) is 6.08 Å². The molecular formula is C7H7N2O2+. The van der Waals surface area contributed by atoms with Gasteiger partial charge in [0.05, 0.1) is 0 Å². The molecule has 0 aliphatic carbocycles. The largest absolute Gasteiger partial charge is 0.476 e. The van der Waals surface area contributed by atoms with Crippen LogP contribution in [0.25, 0.3) is 0 Å². The first-order valence-electron chi connectivity index (χ1n) is 2.98. The summed E-state index contributed by atoms with van der Waals surface area (Å²) >= 11 is 0. The highest BCUT2D eigenvalue weighted by Gasteiger charge is 2.16. The number of aliphatic carboxylic acids is 1. The fourth-order valence-corrected chi connectivity index (χ4v) is 0.643. The number of carboxylic acid groups (broad SMARTS) is 1. The van der Waals surface area contributed by atoms with Crippen LogP contribution in [0.5, 0.6) is 0 Å². The summed E-state index contributed by atoms with van der Waals surface area (Å²) in [6, 6.07) is 0. The van der Waals surface area contributed by atoms with Crippen LogP contribution in [0.15, 0.2) is 30.0 Å². The van der Waals surface area contributed by atoms with Crippen LogP contribution in [0.4, 0.5) is 0 Å². The van der Waals surface area contributed by atoms with E-state index in [9.17, 15) is 4.79 Å². The smallest absolute Gasteiger partial charge is 0.360 e. The van der Waals surface area contributed by atoms with E-state index in [0.29, 0.717) is 0 Å². The number of carbonyl (C=O) groups is 1. The normalized spacial score (nSPS) is 18.5.